The molecule has 68 valence electrons. The first-order valence-corrected chi connectivity index (χ1v) is 4.97. The van der Waals surface area contributed by atoms with Crippen LogP contribution in [0.15, 0.2) is 11.6 Å². The van der Waals surface area contributed by atoms with Crippen LogP contribution in [0.4, 0.5) is 0 Å². The first-order chi connectivity index (χ1) is 5.74. The van der Waals surface area contributed by atoms with Crippen molar-refractivity contribution in [2.45, 2.75) is 46.0 Å². The van der Waals surface area contributed by atoms with Gasteiger partial charge in [0.25, 0.3) is 0 Å². The Bertz CT molecular complexity index is 191. The minimum atomic E-state index is 0.328. The lowest BCUT2D eigenvalue weighted by Crippen LogP contribution is -1.94. The van der Waals surface area contributed by atoms with Gasteiger partial charge in [-0.05, 0) is 24.8 Å². The predicted octanol–water partition coefficient (Wildman–Crippen LogP) is 3.10. The van der Waals surface area contributed by atoms with Gasteiger partial charge in [0.05, 0.1) is 0 Å². The average molecular weight is 166 g/mol. The van der Waals surface area contributed by atoms with Crippen molar-refractivity contribution < 1.29 is 4.79 Å². The molecule has 1 rings (SSSR count). The van der Waals surface area contributed by atoms with E-state index in [-0.39, 0.29) is 0 Å². The number of carbonyl (C=O) groups is 1. The van der Waals surface area contributed by atoms with Crippen molar-refractivity contribution >= 4 is 5.78 Å². The summed E-state index contributed by atoms with van der Waals surface area (Å²) >= 11 is 0. The van der Waals surface area contributed by atoms with E-state index in [9.17, 15) is 4.79 Å². The number of allylic oxidation sites excluding steroid dienone is 2. The van der Waals surface area contributed by atoms with Crippen LogP contribution in [0.3, 0.4) is 0 Å². The summed E-state index contributed by atoms with van der Waals surface area (Å²) in [6.45, 7) is 4.36. The maximum atomic E-state index is 11.0. The lowest BCUT2D eigenvalue weighted by atomic mass is 9.99. The molecule has 12 heavy (non-hydrogen) atoms. The second kappa shape index (κ2) is 4.44. The van der Waals surface area contributed by atoms with Crippen LogP contribution >= 0.6 is 0 Å². The van der Waals surface area contributed by atoms with Gasteiger partial charge in [-0.1, -0.05) is 32.3 Å². The molecule has 0 bridgehead atoms. The molecule has 0 aromatic rings. The predicted molar refractivity (Wildman–Crippen MR) is 51.0 cm³/mol. The number of ketones is 1. The summed E-state index contributed by atoms with van der Waals surface area (Å²) < 4.78 is 0. The van der Waals surface area contributed by atoms with Crippen LogP contribution in [0, 0.1) is 5.92 Å². The van der Waals surface area contributed by atoms with Crippen molar-refractivity contribution in [1.29, 1.82) is 0 Å². The molecular formula is C11H18O. The fourth-order valence-electron chi connectivity index (χ4n) is 1.74. The summed E-state index contributed by atoms with van der Waals surface area (Å²) in [5, 5.41) is 0. The highest BCUT2D eigenvalue weighted by atomic mass is 16.1. The molecule has 1 heteroatoms. The second-order valence-electron chi connectivity index (χ2n) is 3.75. The van der Waals surface area contributed by atoms with Crippen molar-refractivity contribution in [2.75, 3.05) is 0 Å². The number of hydrogen-bond acceptors (Lipinski definition) is 1. The van der Waals surface area contributed by atoms with Crippen LogP contribution in [-0.2, 0) is 4.79 Å². The maximum Gasteiger partial charge on any atom is 0.156 e. The van der Waals surface area contributed by atoms with Gasteiger partial charge in [0.2, 0.25) is 0 Å². The fourth-order valence-corrected chi connectivity index (χ4v) is 1.74. The summed E-state index contributed by atoms with van der Waals surface area (Å²) in [7, 11) is 0. The molecule has 0 fully saturated rings. The molecule has 0 heterocycles. The van der Waals surface area contributed by atoms with E-state index in [1.807, 2.05) is 6.08 Å². The number of unbranched alkanes of at least 4 members (excludes halogenated alkanes) is 2. The molecule has 0 saturated heterocycles. The molecule has 0 unspecified atom stereocenters. The summed E-state index contributed by atoms with van der Waals surface area (Å²) in [6, 6.07) is 0. The molecule has 1 aliphatic rings. The van der Waals surface area contributed by atoms with E-state index in [1.54, 1.807) is 0 Å². The lowest BCUT2D eigenvalue weighted by molar-refractivity contribution is -0.114. The van der Waals surface area contributed by atoms with Crippen LogP contribution in [0.1, 0.15) is 46.0 Å². The Morgan fingerprint density at radius 2 is 2.25 bits per heavy atom. The van der Waals surface area contributed by atoms with Gasteiger partial charge in [0, 0.05) is 6.42 Å². The zero-order valence-corrected chi connectivity index (χ0v) is 8.10. The normalized spacial score (nSPS) is 23.0. The van der Waals surface area contributed by atoms with Crippen LogP contribution in [0.25, 0.3) is 0 Å². The molecule has 0 aromatic heterocycles. The highest BCUT2D eigenvalue weighted by molar-refractivity contribution is 5.93. The van der Waals surface area contributed by atoms with E-state index in [2.05, 4.69) is 13.8 Å². The number of carbonyl (C=O) groups excluding carboxylic acids is 1. The highest BCUT2D eigenvalue weighted by Crippen LogP contribution is 2.26. The first kappa shape index (κ1) is 9.50. The van der Waals surface area contributed by atoms with E-state index in [1.165, 1.54) is 24.8 Å². The zero-order valence-electron chi connectivity index (χ0n) is 8.10. The zero-order chi connectivity index (χ0) is 8.97. The van der Waals surface area contributed by atoms with Gasteiger partial charge >= 0.3 is 0 Å². The van der Waals surface area contributed by atoms with E-state index in [0.29, 0.717) is 11.7 Å². The Labute approximate surface area is 74.9 Å². The van der Waals surface area contributed by atoms with Gasteiger partial charge in [-0.25, -0.2) is 0 Å². The molecule has 0 N–H and O–H groups in total. The average Bonchev–Trinajstić information content (AvgIpc) is 2.31. The van der Waals surface area contributed by atoms with Gasteiger partial charge in [-0.2, -0.15) is 0 Å². The fraction of sp³-hybridized carbons (Fsp3) is 0.727. The lowest BCUT2D eigenvalue weighted by Gasteiger charge is -2.06. The molecule has 0 spiro atoms. The van der Waals surface area contributed by atoms with E-state index < -0.39 is 0 Å². The molecule has 0 aliphatic heterocycles. The van der Waals surface area contributed by atoms with Gasteiger partial charge < -0.3 is 0 Å². The smallest absolute Gasteiger partial charge is 0.156 e. The Morgan fingerprint density at radius 3 is 2.75 bits per heavy atom. The largest absolute Gasteiger partial charge is 0.295 e. The summed E-state index contributed by atoms with van der Waals surface area (Å²) in [6.07, 6.45) is 7.55. The quantitative estimate of drug-likeness (QED) is 0.586. The molecule has 1 nitrogen and oxygen atoms in total. The van der Waals surface area contributed by atoms with Crippen molar-refractivity contribution in [2.24, 2.45) is 5.92 Å². The Hall–Kier alpha value is -0.590. The van der Waals surface area contributed by atoms with Gasteiger partial charge in [0.1, 0.15) is 0 Å². The molecule has 0 radical (unpaired) electrons. The van der Waals surface area contributed by atoms with Crippen molar-refractivity contribution in [3.05, 3.63) is 11.6 Å². The molecule has 1 atom stereocenters. The molecule has 1 aliphatic carbocycles. The van der Waals surface area contributed by atoms with Crippen molar-refractivity contribution in [3.8, 4) is 0 Å². The van der Waals surface area contributed by atoms with E-state index in [4.69, 9.17) is 0 Å². The Balaban J connectivity index is 2.31. The highest BCUT2D eigenvalue weighted by Gasteiger charge is 2.19. The third kappa shape index (κ3) is 2.47. The van der Waals surface area contributed by atoms with Crippen LogP contribution in [0.5, 0.6) is 0 Å². The van der Waals surface area contributed by atoms with Gasteiger partial charge in [0.15, 0.2) is 5.78 Å². The van der Waals surface area contributed by atoms with Crippen LogP contribution in [-0.4, -0.2) is 5.78 Å². The minimum absolute atomic E-state index is 0.328. The Kier molecular flexibility index (Phi) is 3.51. The van der Waals surface area contributed by atoms with Gasteiger partial charge in [-0.3, -0.25) is 4.79 Å². The van der Waals surface area contributed by atoms with Crippen molar-refractivity contribution in [3.63, 3.8) is 0 Å². The van der Waals surface area contributed by atoms with Gasteiger partial charge in [-0.15, -0.1) is 0 Å². The van der Waals surface area contributed by atoms with Crippen LogP contribution in [0.2, 0.25) is 0 Å². The SMILES string of the molecule is CCCCCC1=CC(=O)C[C@H]1C. The Morgan fingerprint density at radius 1 is 1.50 bits per heavy atom. The van der Waals surface area contributed by atoms with E-state index in [0.717, 1.165) is 12.8 Å². The molecular weight excluding hydrogens is 148 g/mol. The summed E-state index contributed by atoms with van der Waals surface area (Å²) in [5.41, 5.74) is 1.38. The van der Waals surface area contributed by atoms with Crippen molar-refractivity contribution in [1.82, 2.24) is 0 Å². The molecule has 0 saturated carbocycles. The molecule has 0 amide bonds. The first-order valence-electron chi connectivity index (χ1n) is 4.97. The summed E-state index contributed by atoms with van der Waals surface area (Å²) in [4.78, 5) is 11.0. The standard InChI is InChI=1S/C11H18O/c1-3-4-5-6-10-8-11(12)7-9(10)2/h8-9H,3-7H2,1-2H3/t9-/m1/s1. The van der Waals surface area contributed by atoms with E-state index >= 15 is 0 Å². The summed E-state index contributed by atoms with van der Waals surface area (Å²) in [5.74, 6) is 0.850. The number of rotatable bonds is 4. The second-order valence-corrected chi connectivity index (χ2v) is 3.75. The molecule has 0 aromatic carbocycles. The maximum absolute atomic E-state index is 11.0. The monoisotopic (exact) mass is 166 g/mol. The third-order valence-corrected chi connectivity index (χ3v) is 2.56. The minimum Gasteiger partial charge on any atom is -0.295 e. The third-order valence-electron chi connectivity index (χ3n) is 2.56. The topological polar surface area (TPSA) is 17.1 Å². The van der Waals surface area contributed by atoms with Crippen LogP contribution < -0.4 is 0 Å². The number of hydrogen-bond donors (Lipinski definition) is 0.